The Bertz CT molecular complexity index is 1630. The first kappa shape index (κ1) is 26.0. The van der Waals surface area contributed by atoms with Crippen LogP contribution in [0, 0.1) is 34.4 Å². The first-order valence-corrected chi connectivity index (χ1v) is 12.5. The van der Waals surface area contributed by atoms with Gasteiger partial charge in [0.15, 0.2) is 0 Å². The summed E-state index contributed by atoms with van der Waals surface area (Å²) in [6.07, 6.45) is 0. The zero-order chi connectivity index (χ0) is 27.7. The molecular formula is C30H25F2N5O2. The van der Waals surface area contributed by atoms with E-state index >= 15 is 4.39 Å². The molecule has 0 radical (unpaired) electrons. The van der Waals surface area contributed by atoms with Gasteiger partial charge in [-0.15, -0.1) is 5.10 Å². The number of aromatic nitrogens is 2. The maximum atomic E-state index is 15.6. The summed E-state index contributed by atoms with van der Waals surface area (Å²) in [6, 6.07) is 22.6. The van der Waals surface area contributed by atoms with Crippen LogP contribution in [0.5, 0.6) is 0 Å². The lowest BCUT2D eigenvalue weighted by Crippen LogP contribution is -2.53. The van der Waals surface area contributed by atoms with E-state index in [9.17, 15) is 19.7 Å². The molecule has 2 atom stereocenters. The highest BCUT2D eigenvalue weighted by Crippen LogP contribution is 2.45. The minimum atomic E-state index is -1.65. The molecule has 4 aromatic rings. The smallest absolute Gasteiger partial charge is 0.388 e. The number of benzene rings is 3. The fourth-order valence-corrected chi connectivity index (χ4v) is 5.61. The van der Waals surface area contributed by atoms with E-state index < -0.39 is 23.2 Å². The SMILES string of the molecule is CC(C)(F)[C@H](c1cc(F)cc(C#N)c1)C1CN(C(c2ccc(C#N)cc2)c2cccc(-c3n[nH]c(=O)o3)c2)C1. The van der Waals surface area contributed by atoms with Crippen molar-refractivity contribution in [2.24, 2.45) is 5.92 Å². The predicted molar refractivity (Wildman–Crippen MR) is 140 cm³/mol. The average molecular weight is 526 g/mol. The van der Waals surface area contributed by atoms with E-state index in [2.05, 4.69) is 21.2 Å². The van der Waals surface area contributed by atoms with E-state index in [0.29, 0.717) is 29.8 Å². The standard InChI is InChI=1S/C30H25F2N5O2/c1-30(2,32)26(23-10-19(15-34)11-25(31)13-23)24-16-37(17-24)27(20-8-6-18(14-33)7-9-20)21-4-3-5-22(12-21)28-35-36-29(38)39-28/h3-13,24,26-27H,16-17H2,1-2H3,(H,36,38)/t26-,27?/m1/s1. The van der Waals surface area contributed by atoms with Gasteiger partial charge in [0.05, 0.1) is 29.3 Å². The Morgan fingerprint density at radius 1 is 1.00 bits per heavy atom. The van der Waals surface area contributed by atoms with Gasteiger partial charge in [-0.25, -0.2) is 18.7 Å². The van der Waals surface area contributed by atoms with Gasteiger partial charge in [-0.05, 0) is 78.9 Å². The van der Waals surface area contributed by atoms with Crippen LogP contribution < -0.4 is 5.76 Å². The molecule has 39 heavy (non-hydrogen) atoms. The summed E-state index contributed by atoms with van der Waals surface area (Å²) in [5.41, 5.74) is 1.95. The number of halogens is 2. The molecule has 7 nitrogen and oxygen atoms in total. The van der Waals surface area contributed by atoms with Crippen molar-refractivity contribution in [3.05, 3.63) is 111 Å². The third-order valence-electron chi connectivity index (χ3n) is 7.17. The molecule has 9 heteroatoms. The minimum absolute atomic E-state index is 0.133. The molecule has 0 saturated carbocycles. The molecule has 1 fully saturated rings. The van der Waals surface area contributed by atoms with Crippen molar-refractivity contribution < 1.29 is 13.2 Å². The molecular weight excluding hydrogens is 500 g/mol. The van der Waals surface area contributed by atoms with Crippen LogP contribution in [0.15, 0.2) is 75.9 Å². The van der Waals surface area contributed by atoms with Gasteiger partial charge in [0.25, 0.3) is 0 Å². The Morgan fingerprint density at radius 2 is 1.72 bits per heavy atom. The number of alkyl halides is 1. The number of hydrogen-bond donors (Lipinski definition) is 1. The number of rotatable bonds is 7. The third-order valence-corrected chi connectivity index (χ3v) is 7.17. The molecule has 3 aromatic carbocycles. The van der Waals surface area contributed by atoms with Crippen LogP contribution in [0.3, 0.4) is 0 Å². The molecule has 1 aromatic heterocycles. The number of nitriles is 2. The van der Waals surface area contributed by atoms with Crippen LogP contribution in [0.4, 0.5) is 8.78 Å². The second-order valence-electron chi connectivity index (χ2n) is 10.3. The molecule has 1 saturated heterocycles. The van der Waals surface area contributed by atoms with Crippen molar-refractivity contribution in [3.63, 3.8) is 0 Å². The second-order valence-corrected chi connectivity index (χ2v) is 10.3. The summed E-state index contributed by atoms with van der Waals surface area (Å²) in [7, 11) is 0. The first-order valence-electron chi connectivity index (χ1n) is 12.5. The van der Waals surface area contributed by atoms with Gasteiger partial charge in [-0.3, -0.25) is 4.90 Å². The Hall–Kier alpha value is -4.60. The average Bonchev–Trinajstić information content (AvgIpc) is 3.33. The van der Waals surface area contributed by atoms with Crippen molar-refractivity contribution in [2.45, 2.75) is 31.5 Å². The van der Waals surface area contributed by atoms with E-state index in [0.717, 1.165) is 17.2 Å². The quantitative estimate of drug-likeness (QED) is 0.343. The van der Waals surface area contributed by atoms with Crippen LogP contribution >= 0.6 is 0 Å². The molecule has 1 aliphatic rings. The summed E-state index contributed by atoms with van der Waals surface area (Å²) < 4.78 is 35.0. The van der Waals surface area contributed by atoms with Crippen LogP contribution in [0.1, 0.15) is 53.6 Å². The molecule has 0 amide bonds. The van der Waals surface area contributed by atoms with Gasteiger partial charge in [0.1, 0.15) is 11.5 Å². The fraction of sp³-hybridized carbons (Fsp3) is 0.267. The van der Waals surface area contributed by atoms with Crippen LogP contribution in [0.25, 0.3) is 11.5 Å². The first-order chi connectivity index (χ1) is 18.7. The van der Waals surface area contributed by atoms with E-state index in [1.54, 1.807) is 24.3 Å². The van der Waals surface area contributed by atoms with Gasteiger partial charge in [-0.1, -0.05) is 24.3 Å². The van der Waals surface area contributed by atoms with Crippen molar-refractivity contribution in [1.82, 2.24) is 15.1 Å². The lowest BCUT2D eigenvalue weighted by Gasteiger charge is -2.50. The highest BCUT2D eigenvalue weighted by molar-refractivity contribution is 5.55. The summed E-state index contributed by atoms with van der Waals surface area (Å²) in [5.74, 6) is -1.80. The van der Waals surface area contributed by atoms with Crippen molar-refractivity contribution in [1.29, 1.82) is 10.5 Å². The number of likely N-dealkylation sites (tertiary alicyclic amines) is 1. The van der Waals surface area contributed by atoms with Crippen molar-refractivity contribution >= 4 is 0 Å². The number of H-pyrrole nitrogens is 1. The molecule has 0 spiro atoms. The van der Waals surface area contributed by atoms with E-state index in [1.165, 1.54) is 19.9 Å². The number of aromatic amines is 1. The van der Waals surface area contributed by atoms with Gasteiger partial charge in [0.2, 0.25) is 5.89 Å². The molecule has 2 heterocycles. The molecule has 1 unspecified atom stereocenters. The summed E-state index contributed by atoms with van der Waals surface area (Å²) >= 11 is 0. The number of nitrogens with zero attached hydrogens (tertiary/aromatic N) is 4. The summed E-state index contributed by atoms with van der Waals surface area (Å²) in [5, 5.41) is 24.8. The van der Waals surface area contributed by atoms with Crippen molar-refractivity contribution in [2.75, 3.05) is 13.1 Å². The Balaban J connectivity index is 1.49. The normalized spacial score (nSPS) is 15.6. The Morgan fingerprint density at radius 3 is 2.33 bits per heavy atom. The monoisotopic (exact) mass is 525 g/mol. The lowest BCUT2D eigenvalue weighted by atomic mass is 9.72. The number of hydrogen-bond acceptors (Lipinski definition) is 6. The van der Waals surface area contributed by atoms with Gasteiger partial charge in [-0.2, -0.15) is 10.5 Å². The predicted octanol–water partition coefficient (Wildman–Crippen LogP) is 5.47. The molecule has 5 rings (SSSR count). The third kappa shape index (κ3) is 5.36. The van der Waals surface area contributed by atoms with E-state index in [-0.39, 0.29) is 23.4 Å². The maximum Gasteiger partial charge on any atom is 0.434 e. The lowest BCUT2D eigenvalue weighted by molar-refractivity contribution is 0.00813. The van der Waals surface area contributed by atoms with Gasteiger partial charge in [0, 0.05) is 24.6 Å². The van der Waals surface area contributed by atoms with E-state index in [1.807, 2.05) is 36.4 Å². The summed E-state index contributed by atoms with van der Waals surface area (Å²) in [6.45, 7) is 4.00. The summed E-state index contributed by atoms with van der Waals surface area (Å²) in [4.78, 5) is 13.7. The highest BCUT2D eigenvalue weighted by Gasteiger charge is 2.45. The fourth-order valence-electron chi connectivity index (χ4n) is 5.61. The molecule has 1 N–H and O–H groups in total. The van der Waals surface area contributed by atoms with Gasteiger partial charge >= 0.3 is 5.76 Å². The highest BCUT2D eigenvalue weighted by atomic mass is 19.1. The van der Waals surface area contributed by atoms with E-state index in [4.69, 9.17) is 4.42 Å². The Labute approximate surface area is 223 Å². The molecule has 0 aliphatic carbocycles. The maximum absolute atomic E-state index is 15.6. The van der Waals surface area contributed by atoms with Crippen molar-refractivity contribution in [3.8, 4) is 23.6 Å². The zero-order valence-electron chi connectivity index (χ0n) is 21.4. The van der Waals surface area contributed by atoms with Crippen LogP contribution in [0.2, 0.25) is 0 Å². The van der Waals surface area contributed by atoms with Gasteiger partial charge < -0.3 is 4.42 Å². The minimum Gasteiger partial charge on any atom is -0.388 e. The molecule has 196 valence electrons. The second kappa shape index (κ2) is 10.3. The topological polar surface area (TPSA) is 110 Å². The molecule has 1 aliphatic heterocycles. The largest absolute Gasteiger partial charge is 0.434 e. The van der Waals surface area contributed by atoms with Crippen LogP contribution in [-0.4, -0.2) is 33.9 Å². The molecule has 0 bridgehead atoms. The van der Waals surface area contributed by atoms with Crippen LogP contribution in [-0.2, 0) is 0 Å². The number of nitrogens with one attached hydrogen (secondary N) is 1. The zero-order valence-corrected chi connectivity index (χ0v) is 21.4. The Kier molecular flexibility index (Phi) is 6.86.